The molecule has 12 heteroatoms. The van der Waals surface area contributed by atoms with E-state index in [0.29, 0.717) is 19.3 Å². The van der Waals surface area contributed by atoms with Crippen molar-refractivity contribution >= 4 is 25.7 Å². The van der Waals surface area contributed by atoms with Gasteiger partial charge in [0.2, 0.25) is 0 Å². The van der Waals surface area contributed by atoms with Gasteiger partial charge in [0.15, 0.2) is 6.10 Å². The molecule has 0 fully saturated rings. The molecule has 0 bridgehead atoms. The molecule has 68 heavy (non-hydrogen) atoms. The third-order valence-corrected chi connectivity index (χ3v) is 12.7. The molecule has 0 aromatic carbocycles. The molecular formula is C56H101O11P. The van der Waals surface area contributed by atoms with Crippen LogP contribution in [0.15, 0.2) is 48.6 Å². The maximum absolute atomic E-state index is 12.9. The number of phosphoric ester groups is 1. The lowest BCUT2D eigenvalue weighted by atomic mass is 10.0. The highest BCUT2D eigenvalue weighted by atomic mass is 31.2. The van der Waals surface area contributed by atoms with Crippen LogP contribution in [0.3, 0.4) is 0 Å². The first-order valence-electron chi connectivity index (χ1n) is 27.5. The summed E-state index contributed by atoms with van der Waals surface area (Å²) in [6.45, 7) is 4.49. The van der Waals surface area contributed by atoms with Crippen molar-refractivity contribution in [2.24, 2.45) is 0 Å². The molecule has 11 nitrogen and oxygen atoms in total. The summed E-state index contributed by atoms with van der Waals surface area (Å²) >= 11 is 0. The Hall–Kier alpha value is -2.56. The molecule has 0 aromatic rings. The van der Waals surface area contributed by atoms with Gasteiger partial charge in [0.1, 0.15) is 12.7 Å². The Labute approximate surface area is 415 Å². The molecule has 396 valence electrons. The number of aliphatic hydroxyl groups is 1. The highest BCUT2D eigenvalue weighted by Crippen LogP contribution is 2.43. The molecule has 0 saturated heterocycles. The molecule has 0 rings (SSSR count). The van der Waals surface area contributed by atoms with Crippen molar-refractivity contribution in [3.05, 3.63) is 48.6 Å². The zero-order valence-corrected chi connectivity index (χ0v) is 44.5. The van der Waals surface area contributed by atoms with Crippen LogP contribution >= 0.6 is 7.82 Å². The largest absolute Gasteiger partial charge is 0.472 e. The van der Waals surface area contributed by atoms with Crippen LogP contribution in [0.5, 0.6) is 0 Å². The summed E-state index contributed by atoms with van der Waals surface area (Å²) in [4.78, 5) is 48.4. The number of aliphatic hydroxyl groups excluding tert-OH is 1. The number of ether oxygens (including phenoxy) is 3. The molecule has 3 unspecified atom stereocenters. The fourth-order valence-electron chi connectivity index (χ4n) is 7.58. The predicted molar refractivity (Wildman–Crippen MR) is 279 cm³/mol. The average Bonchev–Trinajstić information content (AvgIpc) is 3.32. The lowest BCUT2D eigenvalue weighted by Gasteiger charge is -2.21. The van der Waals surface area contributed by atoms with Crippen LogP contribution in [-0.4, -0.2) is 66.5 Å². The minimum Gasteiger partial charge on any atom is -0.462 e. The normalized spacial score (nSPS) is 13.8. The second-order valence-electron chi connectivity index (χ2n) is 18.4. The van der Waals surface area contributed by atoms with Crippen LogP contribution in [0.4, 0.5) is 0 Å². The Morgan fingerprint density at radius 2 is 0.765 bits per heavy atom. The Morgan fingerprint density at radius 1 is 0.426 bits per heavy atom. The lowest BCUT2D eigenvalue weighted by Crippen LogP contribution is -2.30. The summed E-state index contributed by atoms with van der Waals surface area (Å²) < 4.78 is 39.4. The quantitative estimate of drug-likeness (QED) is 0.0197. The van der Waals surface area contributed by atoms with E-state index >= 15 is 0 Å². The summed E-state index contributed by atoms with van der Waals surface area (Å²) in [7, 11) is -4.75. The third-order valence-electron chi connectivity index (χ3n) is 11.8. The van der Waals surface area contributed by atoms with Crippen molar-refractivity contribution in [2.75, 3.05) is 26.4 Å². The highest BCUT2D eigenvalue weighted by Gasteiger charge is 2.28. The van der Waals surface area contributed by atoms with E-state index in [0.717, 1.165) is 77.0 Å². The van der Waals surface area contributed by atoms with E-state index in [4.69, 9.17) is 23.3 Å². The summed E-state index contributed by atoms with van der Waals surface area (Å²) in [6.07, 6.45) is 52.2. The van der Waals surface area contributed by atoms with Crippen LogP contribution < -0.4 is 0 Å². The Kier molecular flexibility index (Phi) is 48.9. The first kappa shape index (κ1) is 65.4. The minimum absolute atomic E-state index is 0.118. The van der Waals surface area contributed by atoms with E-state index < -0.39 is 57.8 Å². The van der Waals surface area contributed by atoms with Gasteiger partial charge in [0.25, 0.3) is 0 Å². The molecule has 0 aromatic heterocycles. The predicted octanol–water partition coefficient (Wildman–Crippen LogP) is 15.8. The van der Waals surface area contributed by atoms with Crippen molar-refractivity contribution < 1.29 is 52.2 Å². The van der Waals surface area contributed by atoms with Gasteiger partial charge in [-0.05, 0) is 57.8 Å². The van der Waals surface area contributed by atoms with Crippen LogP contribution in [0.25, 0.3) is 0 Å². The number of carbonyl (C=O) groups is 3. The van der Waals surface area contributed by atoms with Crippen LogP contribution in [0, 0.1) is 0 Å². The standard InChI is InChI=1S/C56H101O11P/c1-4-7-10-13-16-19-22-24-26-28-31-34-37-40-43-46-55(59)66-52(48-57)50-64-68(61,62)65-51-53(49-63-54(58)45-42-39-36-33-30-21-18-15-12-9-6-3)67-56(60)47-44-41-38-35-32-29-27-25-23-20-17-14-11-8-5-2/h8,11,17,20,25,27,32,35,52-53,57H,4-7,9-10,12-16,18-19,21-24,26,28-31,33-34,36-51H2,1-3H3,(H,61,62)/b11-8-,20-17-,27-25-,35-32-. The van der Waals surface area contributed by atoms with Crippen molar-refractivity contribution in [1.82, 2.24) is 0 Å². The van der Waals surface area contributed by atoms with Gasteiger partial charge in [-0.3, -0.25) is 23.4 Å². The fourth-order valence-corrected chi connectivity index (χ4v) is 8.37. The number of hydrogen-bond acceptors (Lipinski definition) is 10. The van der Waals surface area contributed by atoms with E-state index in [2.05, 4.69) is 69.4 Å². The maximum atomic E-state index is 12.9. The first-order valence-corrected chi connectivity index (χ1v) is 29.0. The van der Waals surface area contributed by atoms with Gasteiger partial charge in [-0.1, -0.05) is 223 Å². The summed E-state index contributed by atoms with van der Waals surface area (Å²) in [6, 6.07) is 0. The van der Waals surface area contributed by atoms with Gasteiger partial charge in [-0.25, -0.2) is 4.57 Å². The number of phosphoric acid groups is 1. The zero-order chi connectivity index (χ0) is 49.9. The molecule has 0 aliphatic carbocycles. The van der Waals surface area contributed by atoms with Gasteiger partial charge in [0.05, 0.1) is 19.8 Å². The van der Waals surface area contributed by atoms with E-state index in [9.17, 15) is 28.9 Å². The van der Waals surface area contributed by atoms with Gasteiger partial charge >= 0.3 is 25.7 Å². The molecule has 3 atom stereocenters. The molecular weight excluding hydrogens is 880 g/mol. The van der Waals surface area contributed by atoms with Crippen LogP contribution in [0.1, 0.15) is 252 Å². The van der Waals surface area contributed by atoms with Gasteiger partial charge < -0.3 is 24.2 Å². The Balaban J connectivity index is 4.72. The second kappa shape index (κ2) is 50.8. The van der Waals surface area contributed by atoms with Crippen molar-refractivity contribution in [3.8, 4) is 0 Å². The summed E-state index contributed by atoms with van der Waals surface area (Å²) in [5.74, 6) is -1.50. The van der Waals surface area contributed by atoms with E-state index in [1.54, 1.807) is 0 Å². The Bertz CT molecular complexity index is 1330. The molecule has 0 heterocycles. The van der Waals surface area contributed by atoms with Crippen molar-refractivity contribution in [2.45, 2.75) is 264 Å². The SMILES string of the molecule is CC/C=C\C/C=C\C/C=C\C/C=C\CCCCC(=O)OC(COC(=O)CCCCCCCCCCCCC)COP(=O)(O)OCC(CO)OC(=O)CCCCCCCCCCCCCCCCC. The third kappa shape index (κ3) is 48.5. The van der Waals surface area contributed by atoms with Crippen LogP contribution in [0.2, 0.25) is 0 Å². The monoisotopic (exact) mass is 981 g/mol. The first-order chi connectivity index (χ1) is 33.2. The fraction of sp³-hybridized carbons (Fsp3) is 0.804. The average molecular weight is 981 g/mol. The topological polar surface area (TPSA) is 155 Å². The molecule has 0 aliphatic rings. The smallest absolute Gasteiger partial charge is 0.462 e. The van der Waals surface area contributed by atoms with Gasteiger partial charge in [-0.2, -0.15) is 0 Å². The lowest BCUT2D eigenvalue weighted by molar-refractivity contribution is -0.161. The molecule has 0 amide bonds. The molecule has 2 N–H and O–H groups in total. The number of hydrogen-bond donors (Lipinski definition) is 2. The molecule has 0 aliphatic heterocycles. The van der Waals surface area contributed by atoms with Crippen molar-refractivity contribution in [1.29, 1.82) is 0 Å². The van der Waals surface area contributed by atoms with Crippen molar-refractivity contribution in [3.63, 3.8) is 0 Å². The number of esters is 3. The zero-order valence-electron chi connectivity index (χ0n) is 43.6. The molecule has 0 spiro atoms. The summed E-state index contributed by atoms with van der Waals surface area (Å²) in [5, 5.41) is 9.79. The highest BCUT2D eigenvalue weighted by molar-refractivity contribution is 7.47. The minimum atomic E-state index is -4.75. The van der Waals surface area contributed by atoms with E-state index in [1.165, 1.54) is 116 Å². The van der Waals surface area contributed by atoms with E-state index in [-0.39, 0.29) is 25.9 Å². The number of unbranched alkanes of at least 4 members (excludes halogenated alkanes) is 26. The number of rotatable bonds is 51. The van der Waals surface area contributed by atoms with Crippen LogP contribution in [-0.2, 0) is 42.2 Å². The van der Waals surface area contributed by atoms with E-state index in [1.807, 2.05) is 0 Å². The van der Waals surface area contributed by atoms with Gasteiger partial charge in [-0.15, -0.1) is 0 Å². The summed E-state index contributed by atoms with van der Waals surface area (Å²) in [5.41, 5.74) is 0. The van der Waals surface area contributed by atoms with Gasteiger partial charge in [0, 0.05) is 19.3 Å². The molecule has 0 radical (unpaired) electrons. The second-order valence-corrected chi connectivity index (χ2v) is 19.8. The molecule has 0 saturated carbocycles. The number of carbonyl (C=O) groups excluding carboxylic acids is 3. The number of allylic oxidation sites excluding steroid dienone is 8. The maximum Gasteiger partial charge on any atom is 0.472 e. The Morgan fingerprint density at radius 3 is 1.18 bits per heavy atom.